The van der Waals surface area contributed by atoms with E-state index in [9.17, 15) is 14.9 Å². The Balaban J connectivity index is 1.17. The van der Waals surface area contributed by atoms with E-state index in [0.29, 0.717) is 29.6 Å². The van der Waals surface area contributed by atoms with E-state index < -0.39 is 23.2 Å². The van der Waals surface area contributed by atoms with Gasteiger partial charge >= 0.3 is 5.97 Å². The van der Waals surface area contributed by atoms with Crippen LogP contribution in [0, 0.1) is 11.3 Å². The lowest BCUT2D eigenvalue weighted by atomic mass is 9.87. The van der Waals surface area contributed by atoms with Crippen LogP contribution in [0.3, 0.4) is 0 Å². The third-order valence-electron chi connectivity index (χ3n) is 8.86. The van der Waals surface area contributed by atoms with Crippen LogP contribution in [0.4, 0.5) is 17.3 Å². The molecular formula is C33H37N7O5. The molecule has 0 amide bonds. The van der Waals surface area contributed by atoms with Crippen molar-refractivity contribution in [3.05, 3.63) is 52.9 Å². The molecule has 0 radical (unpaired) electrons. The van der Waals surface area contributed by atoms with Gasteiger partial charge in [-0.2, -0.15) is 10.4 Å². The second kappa shape index (κ2) is 11.2. The molecular weight excluding hydrogens is 574 g/mol. The third kappa shape index (κ3) is 5.62. The Kier molecular flexibility index (Phi) is 7.25. The molecule has 4 atom stereocenters. The molecule has 0 aliphatic carbocycles. The Labute approximate surface area is 260 Å². The summed E-state index contributed by atoms with van der Waals surface area (Å²) in [6.45, 7) is 7.23. The maximum absolute atomic E-state index is 13.1. The van der Waals surface area contributed by atoms with Gasteiger partial charge in [0.2, 0.25) is 0 Å². The van der Waals surface area contributed by atoms with Crippen LogP contribution in [0.5, 0.6) is 0 Å². The summed E-state index contributed by atoms with van der Waals surface area (Å²) in [4.78, 5) is 35.8. The number of rotatable bonds is 6. The number of H-pyrrole nitrogens is 1. The first-order valence-corrected chi connectivity index (χ1v) is 15.5. The summed E-state index contributed by atoms with van der Waals surface area (Å²) in [5, 5.41) is 19.4. The number of fused-ring (bicyclic) bond motifs is 4. The normalized spacial score (nSPS) is 24.9. The van der Waals surface area contributed by atoms with Crippen molar-refractivity contribution < 1.29 is 19.0 Å². The minimum Gasteiger partial charge on any atom is -0.458 e. The van der Waals surface area contributed by atoms with Crippen LogP contribution in [0.1, 0.15) is 52.9 Å². The van der Waals surface area contributed by atoms with Gasteiger partial charge < -0.3 is 29.4 Å². The van der Waals surface area contributed by atoms with Crippen LogP contribution in [0.15, 0.2) is 47.4 Å². The quantitative estimate of drug-likeness (QED) is 0.298. The van der Waals surface area contributed by atoms with Gasteiger partial charge in [0.25, 0.3) is 5.56 Å². The lowest BCUT2D eigenvalue weighted by Gasteiger charge is -2.39. The molecule has 3 saturated heterocycles. The van der Waals surface area contributed by atoms with Gasteiger partial charge in [-0.3, -0.25) is 9.48 Å². The van der Waals surface area contributed by atoms with E-state index in [1.165, 1.54) is 0 Å². The fourth-order valence-electron chi connectivity index (χ4n) is 6.73. The fourth-order valence-corrected chi connectivity index (χ4v) is 6.73. The van der Waals surface area contributed by atoms with E-state index in [1.807, 2.05) is 45.0 Å². The number of ether oxygens (including phenoxy) is 3. The number of morpholine rings is 1. The van der Waals surface area contributed by atoms with Gasteiger partial charge in [-0.15, -0.1) is 0 Å². The Hall–Kier alpha value is -4.47. The van der Waals surface area contributed by atoms with E-state index in [1.54, 1.807) is 16.9 Å². The van der Waals surface area contributed by atoms with Crippen molar-refractivity contribution in [2.45, 2.75) is 82.3 Å². The minimum absolute atomic E-state index is 0.0715. The lowest BCUT2D eigenvalue weighted by Crippen LogP contribution is -2.47. The van der Waals surface area contributed by atoms with E-state index in [2.05, 4.69) is 27.3 Å². The maximum atomic E-state index is 13.1. The van der Waals surface area contributed by atoms with Gasteiger partial charge in [0.05, 0.1) is 47.9 Å². The van der Waals surface area contributed by atoms with Crippen molar-refractivity contribution in [3.63, 3.8) is 0 Å². The first-order valence-electron chi connectivity index (χ1n) is 15.5. The summed E-state index contributed by atoms with van der Waals surface area (Å²) >= 11 is 0. The van der Waals surface area contributed by atoms with Crippen molar-refractivity contribution >= 4 is 45.1 Å². The number of benzene rings is 1. The minimum atomic E-state index is -0.873. The third-order valence-corrected chi connectivity index (χ3v) is 8.86. The van der Waals surface area contributed by atoms with E-state index in [-0.39, 0.29) is 30.8 Å². The number of esters is 1. The maximum Gasteiger partial charge on any atom is 0.335 e. The SMILES string of the molecule is CC(C)(C)OC(=O)[C@@H]1CC[C@@](CC#N)(n2nc(Nc3ccc4nc(N5CC6CCC(C5)O6)ccc4c3)c3c(=O)[nH]ccc32)CO1. The Morgan fingerprint density at radius 3 is 2.69 bits per heavy atom. The van der Waals surface area contributed by atoms with Gasteiger partial charge in [-0.25, -0.2) is 9.78 Å². The Bertz CT molecular complexity index is 1850. The summed E-state index contributed by atoms with van der Waals surface area (Å²) in [7, 11) is 0. The molecule has 234 valence electrons. The number of nitrogens with zero attached hydrogens (tertiary/aromatic N) is 5. The monoisotopic (exact) mass is 611 g/mol. The van der Waals surface area contributed by atoms with Crippen LogP contribution in [-0.2, 0) is 24.5 Å². The summed E-state index contributed by atoms with van der Waals surface area (Å²) in [6, 6.07) is 14.0. The highest BCUT2D eigenvalue weighted by atomic mass is 16.6. The summed E-state index contributed by atoms with van der Waals surface area (Å²) < 4.78 is 19.3. The molecule has 3 aliphatic heterocycles. The van der Waals surface area contributed by atoms with Gasteiger partial charge in [0.1, 0.15) is 16.8 Å². The number of anilines is 3. The molecule has 7 rings (SSSR count). The van der Waals surface area contributed by atoms with Crippen LogP contribution in [-0.4, -0.2) is 69.3 Å². The molecule has 45 heavy (non-hydrogen) atoms. The van der Waals surface area contributed by atoms with Crippen LogP contribution < -0.4 is 15.8 Å². The summed E-state index contributed by atoms with van der Waals surface area (Å²) in [6.07, 6.45) is 4.50. The van der Waals surface area contributed by atoms with Gasteiger partial charge in [-0.1, -0.05) is 0 Å². The number of carbonyl (C=O) groups excluding carboxylic acids is 1. The highest BCUT2D eigenvalue weighted by Gasteiger charge is 2.43. The summed E-state index contributed by atoms with van der Waals surface area (Å²) in [5.74, 6) is 0.893. The number of carbonyl (C=O) groups is 1. The fraction of sp³-hybridized carbons (Fsp3) is 0.485. The number of nitrogens with one attached hydrogen (secondary N) is 2. The lowest BCUT2D eigenvalue weighted by molar-refractivity contribution is -0.176. The number of hydrogen-bond donors (Lipinski definition) is 2. The molecule has 3 aliphatic rings. The van der Waals surface area contributed by atoms with Crippen molar-refractivity contribution in [1.82, 2.24) is 19.7 Å². The number of nitriles is 1. The second-order valence-electron chi connectivity index (χ2n) is 13.3. The average Bonchev–Trinajstić information content (AvgIpc) is 3.56. The zero-order valence-corrected chi connectivity index (χ0v) is 25.7. The van der Waals surface area contributed by atoms with Crippen LogP contribution in [0.25, 0.3) is 21.8 Å². The zero-order valence-electron chi connectivity index (χ0n) is 25.7. The van der Waals surface area contributed by atoms with Gasteiger partial charge in [-0.05, 0) is 82.9 Å². The Morgan fingerprint density at radius 1 is 1.18 bits per heavy atom. The zero-order chi connectivity index (χ0) is 31.3. The van der Waals surface area contributed by atoms with E-state index >= 15 is 0 Å². The number of aromatic amines is 1. The highest BCUT2D eigenvalue weighted by Crippen LogP contribution is 2.38. The topological polar surface area (TPSA) is 147 Å². The molecule has 0 spiro atoms. The number of aromatic nitrogens is 4. The molecule has 12 nitrogen and oxygen atoms in total. The summed E-state index contributed by atoms with van der Waals surface area (Å²) in [5.41, 5.74) is 0.380. The Morgan fingerprint density at radius 2 is 1.98 bits per heavy atom. The molecule has 1 aromatic carbocycles. The van der Waals surface area contributed by atoms with Crippen molar-refractivity contribution in [1.29, 1.82) is 5.26 Å². The number of pyridine rings is 2. The average molecular weight is 612 g/mol. The standard InChI is InChI=1S/C33H37N7O5/c1-32(2,3)45-31(42)26-10-12-33(13-14-34,19-43-26)40-25-11-15-35-30(41)28(25)29(38-40)36-21-5-8-24-20(16-21)4-9-27(37-24)39-17-22-6-7-23(18-39)44-22/h4-5,8-9,11,15-16,22-23,26H,6-7,10,12-13,17-19H2,1-3H3,(H,35,41)(H,36,38)/t22?,23?,26-,33-/m0/s1. The van der Waals surface area contributed by atoms with Crippen molar-refractivity contribution in [2.75, 3.05) is 29.9 Å². The van der Waals surface area contributed by atoms with Crippen LogP contribution >= 0.6 is 0 Å². The molecule has 3 aromatic heterocycles. The largest absolute Gasteiger partial charge is 0.458 e. The number of hydrogen-bond acceptors (Lipinski definition) is 10. The molecule has 3 fully saturated rings. The predicted molar refractivity (Wildman–Crippen MR) is 169 cm³/mol. The molecule has 2 N–H and O–H groups in total. The second-order valence-corrected chi connectivity index (χ2v) is 13.3. The first-order chi connectivity index (χ1) is 21.6. The molecule has 0 saturated carbocycles. The van der Waals surface area contributed by atoms with Gasteiger partial charge in [0.15, 0.2) is 11.9 Å². The predicted octanol–water partition coefficient (Wildman–Crippen LogP) is 4.51. The smallest absolute Gasteiger partial charge is 0.335 e. The molecule has 2 unspecified atom stereocenters. The van der Waals surface area contributed by atoms with Crippen LogP contribution in [0.2, 0.25) is 0 Å². The molecule has 12 heteroatoms. The van der Waals surface area contributed by atoms with E-state index in [4.69, 9.17) is 24.3 Å². The molecule has 6 heterocycles. The van der Waals surface area contributed by atoms with Gasteiger partial charge in [0, 0.05) is 30.4 Å². The first kappa shape index (κ1) is 29.3. The highest BCUT2D eigenvalue weighted by molar-refractivity contribution is 5.92. The molecule has 4 aromatic rings. The van der Waals surface area contributed by atoms with Crippen molar-refractivity contribution in [3.8, 4) is 6.07 Å². The molecule has 2 bridgehead atoms. The van der Waals surface area contributed by atoms with Crippen molar-refractivity contribution in [2.24, 2.45) is 0 Å². The van der Waals surface area contributed by atoms with E-state index in [0.717, 1.165) is 48.3 Å².